The van der Waals surface area contributed by atoms with E-state index in [-0.39, 0.29) is 23.5 Å². The number of hydrogen-bond donors (Lipinski definition) is 1. The van der Waals surface area contributed by atoms with Gasteiger partial charge >= 0.3 is 0 Å². The predicted octanol–water partition coefficient (Wildman–Crippen LogP) is 5.18. The monoisotopic (exact) mass is 418 g/mol. The summed E-state index contributed by atoms with van der Waals surface area (Å²) in [6.07, 6.45) is 8.46. The molecule has 0 saturated carbocycles. The van der Waals surface area contributed by atoms with Gasteiger partial charge in [0.15, 0.2) is 5.76 Å². The number of aliphatic hydroxyl groups excluding tert-OH is 1. The van der Waals surface area contributed by atoms with Gasteiger partial charge in [-0.05, 0) is 62.4 Å². The average Bonchev–Trinajstić information content (AvgIpc) is 2.70. The molecule has 0 amide bonds. The molecule has 0 saturated heterocycles. The van der Waals surface area contributed by atoms with Gasteiger partial charge in [-0.2, -0.15) is 0 Å². The highest BCUT2D eigenvalue weighted by atomic mass is 35.5. The number of rotatable bonds is 12. The molecule has 0 aliphatic carbocycles. The standard InChI is InChI=1S/C23H27ClO5/c1-3-8-17-14-18(24)10-11-21(17)27-12-6-5-7-13-28-23-20(26)15-19(16-25)29-22(23)9-4-2/h3-4,9-11,14-15,25H,1,5-8,12-13,16H2,2H3. The molecule has 2 aromatic rings. The van der Waals surface area contributed by atoms with Gasteiger partial charge < -0.3 is 19.0 Å². The van der Waals surface area contributed by atoms with Crippen LogP contribution in [0.4, 0.5) is 0 Å². The molecule has 0 aliphatic rings. The maximum atomic E-state index is 12.2. The summed E-state index contributed by atoms with van der Waals surface area (Å²) in [6.45, 7) is 6.23. The third-order valence-corrected chi connectivity index (χ3v) is 4.37. The summed E-state index contributed by atoms with van der Waals surface area (Å²) in [7, 11) is 0. The Kier molecular flexibility index (Phi) is 9.54. The van der Waals surface area contributed by atoms with Crippen LogP contribution in [0.1, 0.15) is 43.3 Å². The van der Waals surface area contributed by atoms with Crippen LogP contribution in [0.2, 0.25) is 5.02 Å². The maximum absolute atomic E-state index is 12.2. The van der Waals surface area contributed by atoms with E-state index in [1.54, 1.807) is 12.2 Å². The van der Waals surface area contributed by atoms with Crippen molar-refractivity contribution < 1.29 is 19.0 Å². The van der Waals surface area contributed by atoms with E-state index in [1.165, 1.54) is 6.07 Å². The number of benzene rings is 1. The second kappa shape index (κ2) is 12.1. The van der Waals surface area contributed by atoms with E-state index in [0.29, 0.717) is 30.4 Å². The van der Waals surface area contributed by atoms with Crippen LogP contribution in [-0.2, 0) is 13.0 Å². The van der Waals surface area contributed by atoms with Crippen molar-refractivity contribution in [2.45, 2.75) is 39.2 Å². The van der Waals surface area contributed by atoms with Crippen LogP contribution < -0.4 is 14.9 Å². The molecular weight excluding hydrogens is 392 g/mol. The molecule has 0 spiro atoms. The second-order valence-electron chi connectivity index (χ2n) is 6.43. The summed E-state index contributed by atoms with van der Waals surface area (Å²) >= 11 is 6.03. The quantitative estimate of drug-likeness (QED) is 0.380. The van der Waals surface area contributed by atoms with E-state index in [1.807, 2.05) is 31.2 Å². The van der Waals surface area contributed by atoms with Crippen molar-refractivity contribution in [3.63, 3.8) is 0 Å². The molecule has 0 bridgehead atoms. The fraction of sp³-hybridized carbons (Fsp3) is 0.348. The summed E-state index contributed by atoms with van der Waals surface area (Å²) < 4.78 is 17.0. The van der Waals surface area contributed by atoms with Crippen molar-refractivity contribution in [1.82, 2.24) is 0 Å². The molecule has 5 nitrogen and oxygen atoms in total. The molecule has 29 heavy (non-hydrogen) atoms. The third kappa shape index (κ3) is 7.11. The largest absolute Gasteiger partial charge is 0.493 e. The van der Waals surface area contributed by atoms with E-state index in [2.05, 4.69) is 6.58 Å². The lowest BCUT2D eigenvalue weighted by atomic mass is 10.1. The number of allylic oxidation sites excluding steroid dienone is 2. The van der Waals surface area contributed by atoms with Crippen molar-refractivity contribution in [1.29, 1.82) is 0 Å². The Balaban J connectivity index is 1.78. The van der Waals surface area contributed by atoms with Gasteiger partial charge in [0.1, 0.15) is 18.1 Å². The molecule has 1 aromatic heterocycles. The first-order valence-corrected chi connectivity index (χ1v) is 10.0. The topological polar surface area (TPSA) is 68.9 Å². The zero-order chi connectivity index (χ0) is 21.1. The zero-order valence-electron chi connectivity index (χ0n) is 16.7. The lowest BCUT2D eigenvalue weighted by Crippen LogP contribution is -2.11. The first-order chi connectivity index (χ1) is 14.1. The Morgan fingerprint density at radius 1 is 1.17 bits per heavy atom. The number of halogens is 1. The van der Waals surface area contributed by atoms with Crippen molar-refractivity contribution in [3.8, 4) is 11.5 Å². The van der Waals surface area contributed by atoms with E-state index < -0.39 is 0 Å². The third-order valence-electron chi connectivity index (χ3n) is 4.13. The van der Waals surface area contributed by atoms with Gasteiger partial charge in [0, 0.05) is 11.1 Å². The number of hydrogen-bond acceptors (Lipinski definition) is 5. The van der Waals surface area contributed by atoms with Gasteiger partial charge in [-0.25, -0.2) is 0 Å². The fourth-order valence-electron chi connectivity index (χ4n) is 2.77. The summed E-state index contributed by atoms with van der Waals surface area (Å²) in [5.74, 6) is 1.53. The molecule has 0 fully saturated rings. The van der Waals surface area contributed by atoms with Crippen LogP contribution in [0, 0.1) is 0 Å². The Labute approximate surface area is 176 Å². The van der Waals surface area contributed by atoms with Crippen molar-refractivity contribution >= 4 is 17.7 Å². The lowest BCUT2D eigenvalue weighted by molar-refractivity contribution is 0.234. The summed E-state index contributed by atoms with van der Waals surface area (Å²) in [4.78, 5) is 12.2. The highest BCUT2D eigenvalue weighted by Crippen LogP contribution is 2.24. The molecule has 0 aliphatic heterocycles. The minimum Gasteiger partial charge on any atom is -0.493 e. The van der Waals surface area contributed by atoms with Crippen LogP contribution in [-0.4, -0.2) is 18.3 Å². The molecule has 0 unspecified atom stereocenters. The van der Waals surface area contributed by atoms with Crippen LogP contribution in [0.5, 0.6) is 11.5 Å². The summed E-state index contributed by atoms with van der Waals surface area (Å²) in [5.41, 5.74) is 0.722. The van der Waals surface area contributed by atoms with E-state index in [4.69, 9.17) is 30.6 Å². The highest BCUT2D eigenvalue weighted by Gasteiger charge is 2.11. The van der Waals surface area contributed by atoms with Crippen molar-refractivity contribution in [2.24, 2.45) is 0 Å². The van der Waals surface area contributed by atoms with Crippen molar-refractivity contribution in [3.05, 3.63) is 75.3 Å². The van der Waals surface area contributed by atoms with Gasteiger partial charge in [0.2, 0.25) is 11.2 Å². The van der Waals surface area contributed by atoms with Gasteiger partial charge in [-0.3, -0.25) is 4.79 Å². The second-order valence-corrected chi connectivity index (χ2v) is 6.87. The first kappa shape index (κ1) is 22.8. The molecule has 0 radical (unpaired) electrons. The summed E-state index contributed by atoms with van der Waals surface area (Å²) in [6, 6.07) is 6.83. The Hall–Kier alpha value is -2.50. The SMILES string of the molecule is C=CCc1cc(Cl)ccc1OCCCCCOc1c(C=CC)oc(CO)cc1=O. The Morgan fingerprint density at radius 3 is 2.62 bits per heavy atom. The minimum atomic E-state index is -0.331. The van der Waals surface area contributed by atoms with Gasteiger partial charge in [-0.15, -0.1) is 6.58 Å². The Morgan fingerprint density at radius 2 is 1.93 bits per heavy atom. The molecule has 1 aromatic carbocycles. The van der Waals surface area contributed by atoms with Gasteiger partial charge in [-0.1, -0.05) is 23.8 Å². The lowest BCUT2D eigenvalue weighted by Gasteiger charge is -2.11. The molecule has 1 N–H and O–H groups in total. The number of ether oxygens (including phenoxy) is 2. The molecule has 1 heterocycles. The molecule has 156 valence electrons. The molecule has 2 rings (SSSR count). The van der Waals surface area contributed by atoms with E-state index in [9.17, 15) is 4.79 Å². The predicted molar refractivity (Wildman–Crippen MR) is 116 cm³/mol. The number of aliphatic hydroxyl groups is 1. The maximum Gasteiger partial charge on any atom is 0.227 e. The molecule has 0 atom stereocenters. The van der Waals surface area contributed by atoms with E-state index >= 15 is 0 Å². The fourth-order valence-corrected chi connectivity index (χ4v) is 2.97. The van der Waals surface area contributed by atoms with E-state index in [0.717, 1.165) is 30.6 Å². The molecule has 6 heteroatoms. The van der Waals surface area contributed by atoms with Gasteiger partial charge in [0.25, 0.3) is 0 Å². The van der Waals surface area contributed by atoms with Crippen LogP contribution >= 0.6 is 11.6 Å². The van der Waals surface area contributed by atoms with Crippen LogP contribution in [0.15, 0.2) is 52.2 Å². The van der Waals surface area contributed by atoms with Crippen LogP contribution in [0.25, 0.3) is 6.08 Å². The Bertz CT molecular complexity index is 885. The smallest absolute Gasteiger partial charge is 0.227 e. The van der Waals surface area contributed by atoms with Crippen molar-refractivity contribution in [2.75, 3.05) is 13.2 Å². The highest BCUT2D eigenvalue weighted by molar-refractivity contribution is 6.30. The molecular formula is C23H27ClO5. The normalized spacial score (nSPS) is 11.0. The van der Waals surface area contributed by atoms with Gasteiger partial charge in [0.05, 0.1) is 13.2 Å². The zero-order valence-corrected chi connectivity index (χ0v) is 17.4. The summed E-state index contributed by atoms with van der Waals surface area (Å²) in [5, 5.41) is 9.84. The average molecular weight is 419 g/mol. The number of unbranched alkanes of at least 4 members (excludes halogenated alkanes) is 2. The minimum absolute atomic E-state index is 0.173. The first-order valence-electron chi connectivity index (χ1n) is 9.64. The van der Waals surface area contributed by atoms with Crippen LogP contribution in [0.3, 0.4) is 0 Å².